The molecule has 0 heterocycles. The van der Waals surface area contributed by atoms with E-state index in [0.717, 1.165) is 12.3 Å². The molecule has 0 aliphatic carbocycles. The highest BCUT2D eigenvalue weighted by Gasteiger charge is 1.81. The largest absolute Gasteiger partial charge is 0.402 e. The summed E-state index contributed by atoms with van der Waals surface area (Å²) in [6.07, 6.45) is 3.32. The Balaban J connectivity index is 3.86. The van der Waals surface area contributed by atoms with Crippen molar-refractivity contribution >= 4 is 0 Å². The lowest BCUT2D eigenvalue weighted by Crippen LogP contribution is -1.88. The Kier molecular flexibility index (Phi) is 3.20. The van der Waals surface area contributed by atoms with E-state index in [1.165, 1.54) is 6.08 Å². The van der Waals surface area contributed by atoms with Crippen LogP contribution in [0.2, 0.25) is 0 Å². The molecule has 0 saturated carbocycles. The number of hydrogen-bond donors (Lipinski definition) is 2. The van der Waals surface area contributed by atoms with Gasteiger partial charge in [-0.25, -0.2) is 4.39 Å². The number of allylic oxidation sites excluding steroid dienone is 3. The van der Waals surface area contributed by atoms with Gasteiger partial charge in [-0.05, 0) is 12.2 Å². The van der Waals surface area contributed by atoms with E-state index in [1.807, 2.05) is 0 Å². The lowest BCUT2D eigenvalue weighted by molar-refractivity contribution is 0.663. The average molecular weight is 128 g/mol. The molecule has 0 unspecified atom stereocenters. The first-order valence-corrected chi connectivity index (χ1v) is 2.36. The quantitative estimate of drug-likeness (QED) is 0.540. The minimum atomic E-state index is -0.526. The smallest absolute Gasteiger partial charge is 0.138 e. The first-order valence-electron chi connectivity index (χ1n) is 2.36. The van der Waals surface area contributed by atoms with Crippen molar-refractivity contribution in [2.24, 2.45) is 11.5 Å². The predicted molar refractivity (Wildman–Crippen MR) is 35.8 cm³/mol. The van der Waals surface area contributed by atoms with Crippen LogP contribution in [-0.2, 0) is 0 Å². The molecule has 0 spiro atoms. The van der Waals surface area contributed by atoms with Gasteiger partial charge in [0.2, 0.25) is 0 Å². The topological polar surface area (TPSA) is 52.0 Å². The van der Waals surface area contributed by atoms with Gasteiger partial charge in [0.15, 0.2) is 0 Å². The second kappa shape index (κ2) is 3.72. The number of hydrogen-bond acceptors (Lipinski definition) is 2. The molecule has 0 atom stereocenters. The van der Waals surface area contributed by atoms with Crippen molar-refractivity contribution in [3.05, 3.63) is 36.5 Å². The molecule has 0 aromatic heterocycles. The molecule has 0 aromatic carbocycles. The summed E-state index contributed by atoms with van der Waals surface area (Å²) in [5.74, 6) is -0.526. The third-order valence-electron chi connectivity index (χ3n) is 0.616. The lowest BCUT2D eigenvalue weighted by atomic mass is 10.4. The Hall–Kier alpha value is -1.25. The molecule has 0 bridgehead atoms. The van der Waals surface area contributed by atoms with E-state index in [4.69, 9.17) is 11.5 Å². The Bertz CT molecular complexity index is 158. The standard InChI is InChI=1S/C6H9FN2/c1-5(9)2-3-6(7)4-8/h2-4H,1,8-9H2/b3-2-,6-4+. The molecule has 2 nitrogen and oxygen atoms in total. The van der Waals surface area contributed by atoms with Gasteiger partial charge in [0.05, 0.1) is 0 Å². The maximum Gasteiger partial charge on any atom is 0.138 e. The number of nitrogens with two attached hydrogens (primary N) is 2. The minimum absolute atomic E-state index is 0.298. The van der Waals surface area contributed by atoms with Gasteiger partial charge in [0, 0.05) is 11.9 Å². The molecule has 0 aromatic rings. The first-order chi connectivity index (χ1) is 4.16. The summed E-state index contributed by atoms with van der Waals surface area (Å²) in [5, 5.41) is 0. The van der Waals surface area contributed by atoms with Crippen LogP contribution in [0.3, 0.4) is 0 Å². The van der Waals surface area contributed by atoms with Crippen molar-refractivity contribution in [1.29, 1.82) is 0 Å². The van der Waals surface area contributed by atoms with Crippen LogP contribution in [0.25, 0.3) is 0 Å². The molecule has 0 fully saturated rings. The second-order valence-electron chi connectivity index (χ2n) is 1.46. The average Bonchev–Trinajstić information content (AvgIpc) is 1.83. The fourth-order valence-electron chi connectivity index (χ4n) is 0.242. The molecule has 0 rings (SSSR count). The molecule has 0 aliphatic rings. The van der Waals surface area contributed by atoms with Gasteiger partial charge in [-0.15, -0.1) is 0 Å². The van der Waals surface area contributed by atoms with Gasteiger partial charge < -0.3 is 11.5 Å². The Morgan fingerprint density at radius 3 is 2.33 bits per heavy atom. The van der Waals surface area contributed by atoms with E-state index in [-0.39, 0.29) is 0 Å². The van der Waals surface area contributed by atoms with Crippen molar-refractivity contribution in [1.82, 2.24) is 0 Å². The highest BCUT2D eigenvalue weighted by molar-refractivity contribution is 5.19. The predicted octanol–water partition coefficient (Wildman–Crippen LogP) is 0.785. The van der Waals surface area contributed by atoms with Crippen LogP contribution in [0.15, 0.2) is 36.5 Å². The highest BCUT2D eigenvalue weighted by atomic mass is 19.1. The normalized spacial score (nSPS) is 12.3. The molecular formula is C6H9FN2. The molecule has 3 heteroatoms. The SMILES string of the molecule is C=C(N)/C=C\C(F)=C/N. The Morgan fingerprint density at radius 1 is 1.44 bits per heavy atom. The summed E-state index contributed by atoms with van der Waals surface area (Å²) in [6.45, 7) is 3.32. The monoisotopic (exact) mass is 128 g/mol. The van der Waals surface area contributed by atoms with Gasteiger partial charge in [-0.1, -0.05) is 6.58 Å². The van der Waals surface area contributed by atoms with Crippen LogP contribution in [0.1, 0.15) is 0 Å². The molecule has 50 valence electrons. The number of halogens is 1. The van der Waals surface area contributed by atoms with Crippen LogP contribution in [0.5, 0.6) is 0 Å². The van der Waals surface area contributed by atoms with Gasteiger partial charge in [-0.2, -0.15) is 0 Å². The van der Waals surface area contributed by atoms with E-state index >= 15 is 0 Å². The van der Waals surface area contributed by atoms with E-state index in [1.54, 1.807) is 0 Å². The Labute approximate surface area is 53.3 Å². The van der Waals surface area contributed by atoms with Crippen molar-refractivity contribution in [3.8, 4) is 0 Å². The van der Waals surface area contributed by atoms with Crippen molar-refractivity contribution in [2.75, 3.05) is 0 Å². The molecule has 0 amide bonds. The maximum atomic E-state index is 12.0. The summed E-state index contributed by atoms with van der Waals surface area (Å²) < 4.78 is 12.0. The van der Waals surface area contributed by atoms with Gasteiger partial charge in [0.25, 0.3) is 0 Å². The van der Waals surface area contributed by atoms with E-state index < -0.39 is 5.83 Å². The third kappa shape index (κ3) is 4.61. The molecule has 0 saturated heterocycles. The summed E-state index contributed by atoms with van der Waals surface area (Å²) in [7, 11) is 0. The first kappa shape index (κ1) is 7.75. The van der Waals surface area contributed by atoms with Crippen LogP contribution < -0.4 is 11.5 Å². The molecule has 0 aliphatic heterocycles. The summed E-state index contributed by atoms with van der Waals surface area (Å²) >= 11 is 0. The lowest BCUT2D eigenvalue weighted by Gasteiger charge is -1.84. The van der Waals surface area contributed by atoms with Crippen molar-refractivity contribution in [2.45, 2.75) is 0 Å². The summed E-state index contributed by atoms with van der Waals surface area (Å²) in [4.78, 5) is 0. The zero-order valence-electron chi connectivity index (χ0n) is 4.97. The van der Waals surface area contributed by atoms with Crippen LogP contribution >= 0.6 is 0 Å². The van der Waals surface area contributed by atoms with Gasteiger partial charge in [0.1, 0.15) is 5.83 Å². The van der Waals surface area contributed by atoms with Crippen molar-refractivity contribution in [3.63, 3.8) is 0 Å². The van der Waals surface area contributed by atoms with Crippen LogP contribution in [0, 0.1) is 0 Å². The van der Waals surface area contributed by atoms with Crippen LogP contribution in [0.4, 0.5) is 4.39 Å². The summed E-state index contributed by atoms with van der Waals surface area (Å²) in [5.41, 5.74) is 10.2. The number of rotatable bonds is 2. The third-order valence-corrected chi connectivity index (χ3v) is 0.616. The Morgan fingerprint density at radius 2 is 2.00 bits per heavy atom. The maximum absolute atomic E-state index is 12.0. The molecule has 0 radical (unpaired) electrons. The molecule has 9 heavy (non-hydrogen) atoms. The highest BCUT2D eigenvalue weighted by Crippen LogP contribution is 1.95. The second-order valence-corrected chi connectivity index (χ2v) is 1.46. The van der Waals surface area contributed by atoms with Gasteiger partial charge in [-0.3, -0.25) is 0 Å². The van der Waals surface area contributed by atoms with E-state index in [9.17, 15) is 4.39 Å². The van der Waals surface area contributed by atoms with Gasteiger partial charge >= 0.3 is 0 Å². The zero-order valence-corrected chi connectivity index (χ0v) is 4.97. The van der Waals surface area contributed by atoms with Crippen molar-refractivity contribution < 1.29 is 4.39 Å². The summed E-state index contributed by atoms with van der Waals surface area (Å²) in [6, 6.07) is 0. The zero-order chi connectivity index (χ0) is 7.28. The molecule has 4 N–H and O–H groups in total. The van der Waals surface area contributed by atoms with Crippen LogP contribution in [-0.4, -0.2) is 0 Å². The van der Waals surface area contributed by atoms with E-state index in [2.05, 4.69) is 6.58 Å². The fourth-order valence-corrected chi connectivity index (χ4v) is 0.242. The fraction of sp³-hybridized carbons (Fsp3) is 0. The minimum Gasteiger partial charge on any atom is -0.402 e. The molecular weight excluding hydrogens is 119 g/mol. The van der Waals surface area contributed by atoms with E-state index in [0.29, 0.717) is 5.70 Å².